The Hall–Kier alpha value is -2.40. The van der Waals surface area contributed by atoms with Crippen molar-refractivity contribution in [3.8, 4) is 5.75 Å². The lowest BCUT2D eigenvalue weighted by molar-refractivity contribution is -0.384. The van der Waals surface area contributed by atoms with Crippen molar-refractivity contribution in [2.45, 2.75) is 6.92 Å². The molecule has 0 heterocycles. The maximum absolute atomic E-state index is 12.0. The first-order valence-corrected chi connectivity index (χ1v) is 6.52. The predicted octanol–water partition coefficient (Wildman–Crippen LogP) is 3.82. The Morgan fingerprint density at radius 3 is 2.71 bits per heavy atom. The van der Waals surface area contributed by atoms with Gasteiger partial charge in [-0.25, -0.2) is 0 Å². The summed E-state index contributed by atoms with van der Waals surface area (Å²) >= 11 is 5.82. The van der Waals surface area contributed by atoms with Gasteiger partial charge in [0, 0.05) is 16.7 Å². The van der Waals surface area contributed by atoms with Gasteiger partial charge in [-0.2, -0.15) is 0 Å². The van der Waals surface area contributed by atoms with E-state index in [-0.39, 0.29) is 18.1 Å². The molecular formula is C15H12ClNO4. The average Bonchev–Trinajstić information content (AvgIpc) is 2.45. The van der Waals surface area contributed by atoms with Crippen molar-refractivity contribution in [3.05, 3.63) is 68.7 Å². The van der Waals surface area contributed by atoms with Gasteiger partial charge in [-0.15, -0.1) is 0 Å². The highest BCUT2D eigenvalue weighted by Crippen LogP contribution is 2.24. The van der Waals surface area contributed by atoms with Crippen molar-refractivity contribution in [1.29, 1.82) is 0 Å². The number of halogens is 1. The molecule has 2 rings (SSSR count). The van der Waals surface area contributed by atoms with Crippen LogP contribution in [0, 0.1) is 17.0 Å². The van der Waals surface area contributed by atoms with Crippen LogP contribution in [-0.4, -0.2) is 17.3 Å². The lowest BCUT2D eigenvalue weighted by Gasteiger charge is -2.08. The van der Waals surface area contributed by atoms with E-state index in [4.69, 9.17) is 16.3 Å². The second kappa shape index (κ2) is 6.37. The van der Waals surface area contributed by atoms with E-state index in [1.54, 1.807) is 37.3 Å². The molecular weight excluding hydrogens is 294 g/mol. The first-order valence-electron chi connectivity index (χ1n) is 6.14. The molecule has 0 saturated carbocycles. The monoisotopic (exact) mass is 305 g/mol. The van der Waals surface area contributed by atoms with Gasteiger partial charge in [0.2, 0.25) is 0 Å². The summed E-state index contributed by atoms with van der Waals surface area (Å²) in [5.41, 5.74) is 1.08. The Balaban J connectivity index is 2.11. The van der Waals surface area contributed by atoms with Gasteiger partial charge in [0.15, 0.2) is 12.4 Å². The molecule has 2 aromatic carbocycles. The van der Waals surface area contributed by atoms with Crippen LogP contribution in [-0.2, 0) is 0 Å². The highest BCUT2D eigenvalue weighted by atomic mass is 35.5. The van der Waals surface area contributed by atoms with E-state index in [9.17, 15) is 14.9 Å². The molecule has 0 spiro atoms. The van der Waals surface area contributed by atoms with Gasteiger partial charge < -0.3 is 4.74 Å². The second-order valence-corrected chi connectivity index (χ2v) is 4.87. The van der Waals surface area contributed by atoms with E-state index in [0.717, 1.165) is 5.56 Å². The standard InChI is InChI=1S/C15H12ClNO4/c1-10-5-6-13(17(19)20)8-15(10)21-9-14(18)11-3-2-4-12(16)7-11/h2-8H,9H2,1H3. The third-order valence-electron chi connectivity index (χ3n) is 2.89. The van der Waals surface area contributed by atoms with Crippen molar-refractivity contribution in [1.82, 2.24) is 0 Å². The Morgan fingerprint density at radius 2 is 2.05 bits per heavy atom. The molecule has 2 aromatic rings. The van der Waals surface area contributed by atoms with Crippen molar-refractivity contribution in [3.63, 3.8) is 0 Å². The van der Waals surface area contributed by atoms with Crippen LogP contribution in [0.25, 0.3) is 0 Å². The quantitative estimate of drug-likeness (QED) is 0.478. The van der Waals surface area contributed by atoms with Crippen molar-refractivity contribution in [2.24, 2.45) is 0 Å². The van der Waals surface area contributed by atoms with Gasteiger partial charge in [-0.3, -0.25) is 14.9 Å². The highest BCUT2D eigenvalue weighted by Gasteiger charge is 2.12. The molecule has 108 valence electrons. The molecule has 5 nitrogen and oxygen atoms in total. The maximum atomic E-state index is 12.0. The number of hydrogen-bond donors (Lipinski definition) is 0. The van der Waals surface area contributed by atoms with Gasteiger partial charge in [-0.1, -0.05) is 23.7 Å². The molecule has 0 aromatic heterocycles. The minimum Gasteiger partial charge on any atom is -0.485 e. The fourth-order valence-corrected chi connectivity index (χ4v) is 1.94. The minimum atomic E-state index is -0.509. The lowest BCUT2D eigenvalue weighted by Crippen LogP contribution is -2.12. The molecule has 0 bridgehead atoms. The number of benzene rings is 2. The molecule has 0 aliphatic heterocycles. The first kappa shape index (κ1) is 15.0. The van der Waals surface area contributed by atoms with Crippen LogP contribution >= 0.6 is 11.6 Å². The van der Waals surface area contributed by atoms with E-state index in [0.29, 0.717) is 16.3 Å². The zero-order chi connectivity index (χ0) is 15.4. The van der Waals surface area contributed by atoms with Gasteiger partial charge in [0.25, 0.3) is 5.69 Å². The number of ketones is 1. The summed E-state index contributed by atoms with van der Waals surface area (Å²) in [5, 5.41) is 11.2. The summed E-state index contributed by atoms with van der Waals surface area (Å²) in [5.74, 6) is 0.0722. The lowest BCUT2D eigenvalue weighted by atomic mass is 10.1. The normalized spacial score (nSPS) is 10.2. The van der Waals surface area contributed by atoms with Crippen molar-refractivity contribution >= 4 is 23.1 Å². The Labute approximate surface area is 126 Å². The van der Waals surface area contributed by atoms with E-state index in [2.05, 4.69) is 0 Å². The van der Waals surface area contributed by atoms with Crippen molar-refractivity contribution < 1.29 is 14.5 Å². The van der Waals surface area contributed by atoms with Crippen LogP contribution in [0.1, 0.15) is 15.9 Å². The average molecular weight is 306 g/mol. The zero-order valence-electron chi connectivity index (χ0n) is 11.2. The SMILES string of the molecule is Cc1ccc([N+](=O)[O-])cc1OCC(=O)c1cccc(Cl)c1. The fraction of sp³-hybridized carbons (Fsp3) is 0.133. The van der Waals surface area contributed by atoms with Crippen LogP contribution in [0.3, 0.4) is 0 Å². The van der Waals surface area contributed by atoms with Crippen molar-refractivity contribution in [2.75, 3.05) is 6.61 Å². The number of hydrogen-bond acceptors (Lipinski definition) is 4. The number of ether oxygens (including phenoxy) is 1. The number of carbonyl (C=O) groups is 1. The summed E-state index contributed by atoms with van der Waals surface area (Å²) in [6.45, 7) is 1.55. The smallest absolute Gasteiger partial charge is 0.273 e. The molecule has 0 saturated heterocycles. The summed E-state index contributed by atoms with van der Waals surface area (Å²) in [4.78, 5) is 22.2. The van der Waals surface area contributed by atoms with Crippen LogP contribution in [0.4, 0.5) is 5.69 Å². The Kier molecular flexibility index (Phi) is 4.55. The summed E-state index contributed by atoms with van der Waals surface area (Å²) < 4.78 is 5.39. The zero-order valence-corrected chi connectivity index (χ0v) is 12.0. The molecule has 0 aliphatic rings. The van der Waals surface area contributed by atoms with E-state index in [1.807, 2.05) is 0 Å². The van der Waals surface area contributed by atoms with E-state index >= 15 is 0 Å². The Bertz CT molecular complexity index is 700. The molecule has 0 fully saturated rings. The molecule has 0 unspecified atom stereocenters. The third kappa shape index (κ3) is 3.79. The van der Waals surface area contributed by atoms with Gasteiger partial charge in [0.1, 0.15) is 5.75 Å². The van der Waals surface area contributed by atoms with Crippen LogP contribution in [0.5, 0.6) is 5.75 Å². The van der Waals surface area contributed by atoms with Gasteiger partial charge in [0.05, 0.1) is 11.0 Å². The molecule has 0 atom stereocenters. The number of nitro groups is 1. The van der Waals surface area contributed by atoms with Gasteiger partial charge in [-0.05, 0) is 30.7 Å². The number of aryl methyl sites for hydroxylation is 1. The third-order valence-corrected chi connectivity index (χ3v) is 3.12. The largest absolute Gasteiger partial charge is 0.485 e. The fourth-order valence-electron chi connectivity index (χ4n) is 1.75. The molecule has 0 radical (unpaired) electrons. The van der Waals surface area contributed by atoms with E-state index < -0.39 is 4.92 Å². The number of nitrogens with zero attached hydrogens (tertiary/aromatic N) is 1. The molecule has 0 aliphatic carbocycles. The topological polar surface area (TPSA) is 69.4 Å². The number of non-ortho nitro benzene ring substituents is 1. The van der Waals surface area contributed by atoms with Crippen LogP contribution in [0.15, 0.2) is 42.5 Å². The maximum Gasteiger partial charge on any atom is 0.273 e. The number of rotatable bonds is 5. The predicted molar refractivity (Wildman–Crippen MR) is 79.1 cm³/mol. The van der Waals surface area contributed by atoms with Crippen LogP contribution in [0.2, 0.25) is 5.02 Å². The number of nitro benzene ring substituents is 1. The van der Waals surface area contributed by atoms with E-state index in [1.165, 1.54) is 12.1 Å². The molecule has 0 amide bonds. The molecule has 6 heteroatoms. The summed E-state index contributed by atoms with van der Waals surface area (Å²) in [6, 6.07) is 10.8. The van der Waals surface area contributed by atoms with Gasteiger partial charge >= 0.3 is 0 Å². The number of Topliss-reactive ketones (excluding diaryl/α,β-unsaturated/α-hetero) is 1. The van der Waals surface area contributed by atoms with Crippen LogP contribution < -0.4 is 4.74 Å². The summed E-state index contributed by atoms with van der Waals surface area (Å²) in [6.07, 6.45) is 0. The molecule has 21 heavy (non-hydrogen) atoms. The molecule has 0 N–H and O–H groups in total. The number of carbonyl (C=O) groups excluding carboxylic acids is 1. The second-order valence-electron chi connectivity index (χ2n) is 4.43. The summed E-state index contributed by atoms with van der Waals surface area (Å²) in [7, 11) is 0. The minimum absolute atomic E-state index is 0.0780. The first-order chi connectivity index (χ1) is 9.97. The highest BCUT2D eigenvalue weighted by molar-refractivity contribution is 6.31. The Morgan fingerprint density at radius 1 is 1.29 bits per heavy atom.